The zero-order chi connectivity index (χ0) is 9.00. The van der Waals surface area contributed by atoms with Gasteiger partial charge in [-0.25, -0.2) is 0 Å². The lowest BCUT2D eigenvalue weighted by molar-refractivity contribution is -0.207. The van der Waals surface area contributed by atoms with E-state index in [1.54, 1.807) is 0 Å². The monoisotopic (exact) mass is 234 g/mol. The summed E-state index contributed by atoms with van der Waals surface area (Å²) in [6.07, 6.45) is 0. The van der Waals surface area contributed by atoms with Gasteiger partial charge in [0.2, 0.25) is 0 Å². The van der Waals surface area contributed by atoms with Crippen molar-refractivity contribution in [2.24, 2.45) is 0 Å². The van der Waals surface area contributed by atoms with Crippen LogP contribution >= 0.6 is 15.8 Å². The van der Waals surface area contributed by atoms with Gasteiger partial charge in [0.15, 0.2) is 0 Å². The van der Waals surface area contributed by atoms with E-state index in [9.17, 15) is 8.39 Å². The molecule has 0 radical (unpaired) electrons. The van der Waals surface area contributed by atoms with Crippen LogP contribution in [0.25, 0.3) is 0 Å². The molecule has 0 bridgehead atoms. The lowest BCUT2D eigenvalue weighted by atomic mass is 14.0. The molecule has 0 aliphatic rings. The molecule has 0 spiro atoms. The van der Waals surface area contributed by atoms with Crippen molar-refractivity contribution >= 4 is 15.8 Å². The van der Waals surface area contributed by atoms with E-state index < -0.39 is 15.8 Å². The number of quaternary nitrogens is 2. The van der Waals surface area contributed by atoms with Gasteiger partial charge >= 0.3 is 15.8 Å². The lowest BCUT2D eigenvalue weighted by Gasteiger charge is -1.97. The van der Waals surface area contributed by atoms with Crippen LogP contribution in [0.4, 0.5) is 8.39 Å². The molecule has 2 unspecified atom stereocenters. The summed E-state index contributed by atoms with van der Waals surface area (Å²) in [4.78, 5) is 30.8. The van der Waals surface area contributed by atoms with Crippen LogP contribution in [-0.2, 0) is 9.13 Å². The van der Waals surface area contributed by atoms with Crippen molar-refractivity contribution in [3.05, 3.63) is 0 Å². The molecule has 0 saturated carbocycles. The molecule has 80 valence electrons. The van der Waals surface area contributed by atoms with Gasteiger partial charge in [-0.2, -0.15) is 8.39 Å². The van der Waals surface area contributed by atoms with E-state index in [0.29, 0.717) is 0 Å². The summed E-state index contributed by atoms with van der Waals surface area (Å²) in [5.74, 6) is 0. The molecule has 0 heterocycles. The molecule has 0 amide bonds. The van der Waals surface area contributed by atoms with Crippen molar-refractivity contribution in [1.82, 2.24) is 12.3 Å². The fourth-order valence-electron chi connectivity index (χ4n) is 0. The van der Waals surface area contributed by atoms with Gasteiger partial charge in [-0.3, -0.25) is 9.13 Å². The molecular weight excluding hydrogens is 224 g/mol. The highest BCUT2D eigenvalue weighted by molar-refractivity contribution is 7.44. The van der Waals surface area contributed by atoms with Crippen molar-refractivity contribution in [3.63, 3.8) is 0 Å². The standard InChI is InChI=1S/2FH2O3P.2H3N/c2*1-5(2,3)4;;/h2*(H2,2,3,4);2*1H3. The Bertz CT molecular complexity index is 134. The molecular formula is H10F2N2O6P2. The smallest absolute Gasteiger partial charge is 0.305 e. The molecule has 0 aromatic heterocycles. The predicted octanol–water partition coefficient (Wildman–Crippen LogP) is -0.414. The minimum absolute atomic E-state index is 0. The largest absolute Gasteiger partial charge is 0.753 e. The zero-order valence-electron chi connectivity index (χ0n) is 6.18. The van der Waals surface area contributed by atoms with Crippen molar-refractivity contribution in [3.8, 4) is 0 Å². The van der Waals surface area contributed by atoms with E-state index >= 15 is 0 Å². The molecule has 12 heteroatoms. The molecule has 0 aliphatic carbocycles. The third-order valence-electron chi connectivity index (χ3n) is 0. The second kappa shape index (κ2) is 7.71. The quantitative estimate of drug-likeness (QED) is 0.410. The Balaban J connectivity index is -0.0000000457. The molecule has 2 atom stereocenters. The Labute approximate surface area is 66.3 Å². The van der Waals surface area contributed by atoms with Gasteiger partial charge in [-0.05, 0) is 0 Å². The summed E-state index contributed by atoms with van der Waals surface area (Å²) in [6, 6.07) is 0. The van der Waals surface area contributed by atoms with Gasteiger partial charge in [-0.1, -0.05) is 0 Å². The van der Waals surface area contributed by atoms with Crippen molar-refractivity contribution in [2.45, 2.75) is 0 Å². The molecule has 0 aromatic carbocycles. The lowest BCUT2D eigenvalue weighted by Crippen LogP contribution is -1.89. The fourth-order valence-corrected chi connectivity index (χ4v) is 0. The Kier molecular flexibility index (Phi) is 14.6. The molecule has 0 aromatic rings. The van der Waals surface area contributed by atoms with E-state index in [4.69, 9.17) is 28.7 Å². The first kappa shape index (κ1) is 22.7. The number of hydrogen-bond donors (Lipinski definition) is 4. The summed E-state index contributed by atoms with van der Waals surface area (Å²) in [7, 11) is -10.8. The second-order valence-electron chi connectivity index (χ2n) is 0.903. The maximum atomic E-state index is 10.2. The zero-order valence-corrected chi connectivity index (χ0v) is 7.97. The summed E-state index contributed by atoms with van der Waals surface area (Å²) < 4.78 is 37.6. The van der Waals surface area contributed by atoms with Crippen LogP contribution in [0, 0.1) is 0 Å². The van der Waals surface area contributed by atoms with E-state index in [2.05, 4.69) is 0 Å². The summed E-state index contributed by atoms with van der Waals surface area (Å²) in [5.41, 5.74) is 0. The highest BCUT2D eigenvalue weighted by atomic mass is 31.2. The highest BCUT2D eigenvalue weighted by Gasteiger charge is 1.87. The van der Waals surface area contributed by atoms with E-state index in [0.717, 1.165) is 0 Å². The van der Waals surface area contributed by atoms with Crippen LogP contribution < -0.4 is 22.1 Å². The second-order valence-corrected chi connectivity index (χ2v) is 2.71. The molecule has 0 aliphatic heterocycles. The highest BCUT2D eigenvalue weighted by Crippen LogP contribution is 2.29. The van der Waals surface area contributed by atoms with Gasteiger partial charge in [0.1, 0.15) is 0 Å². The molecule has 0 saturated heterocycles. The van der Waals surface area contributed by atoms with Gasteiger partial charge in [0, 0.05) is 0 Å². The first-order valence-electron chi connectivity index (χ1n) is 1.47. The summed E-state index contributed by atoms with van der Waals surface area (Å²) in [6.45, 7) is 0. The normalized spacial score (nSPS) is 17.8. The Hall–Kier alpha value is 0.0800. The van der Waals surface area contributed by atoms with Crippen LogP contribution in [0.2, 0.25) is 0 Å². The van der Waals surface area contributed by atoms with Crippen molar-refractivity contribution < 1.29 is 37.1 Å². The van der Waals surface area contributed by atoms with Gasteiger partial charge < -0.3 is 31.9 Å². The first-order valence-corrected chi connectivity index (χ1v) is 4.41. The topological polar surface area (TPSA) is 194 Å². The molecule has 0 fully saturated rings. The van der Waals surface area contributed by atoms with Crippen LogP contribution in [0.5, 0.6) is 0 Å². The van der Waals surface area contributed by atoms with Gasteiger partial charge in [-0.15, -0.1) is 0 Å². The average molecular weight is 234 g/mol. The fraction of sp³-hybridized carbons (Fsp3) is 0. The van der Waals surface area contributed by atoms with Crippen molar-refractivity contribution in [2.75, 3.05) is 0 Å². The van der Waals surface area contributed by atoms with Crippen LogP contribution in [0.3, 0.4) is 0 Å². The Morgan fingerprint density at radius 1 is 0.917 bits per heavy atom. The van der Waals surface area contributed by atoms with Crippen LogP contribution in [0.15, 0.2) is 0 Å². The minimum Gasteiger partial charge on any atom is -0.753 e. The first-order chi connectivity index (χ1) is 4.00. The molecule has 8 nitrogen and oxygen atoms in total. The molecule has 0 rings (SSSR count). The van der Waals surface area contributed by atoms with E-state index in [-0.39, 0.29) is 12.3 Å². The van der Waals surface area contributed by atoms with Gasteiger partial charge in [0.05, 0.1) is 0 Å². The maximum absolute atomic E-state index is 10.2. The third kappa shape index (κ3) is 130000. The third-order valence-corrected chi connectivity index (χ3v) is 0. The van der Waals surface area contributed by atoms with E-state index in [1.165, 1.54) is 0 Å². The number of rotatable bonds is 0. The van der Waals surface area contributed by atoms with Crippen LogP contribution in [-0.4, -0.2) is 9.79 Å². The minimum atomic E-state index is -5.39. The summed E-state index contributed by atoms with van der Waals surface area (Å²) in [5, 5.41) is 0. The molecule has 12 heavy (non-hydrogen) atoms. The SMILES string of the molecule is O=P([O-])(O)F.O=P([O-])(O)F.[NH4+].[NH4+]. The Morgan fingerprint density at radius 2 is 0.917 bits per heavy atom. The van der Waals surface area contributed by atoms with Crippen molar-refractivity contribution in [1.29, 1.82) is 0 Å². The maximum Gasteiger partial charge on any atom is 0.305 e. The van der Waals surface area contributed by atoms with E-state index in [1.807, 2.05) is 0 Å². The predicted molar refractivity (Wildman–Crippen MR) is 33.8 cm³/mol. The van der Waals surface area contributed by atoms with Crippen LogP contribution in [0.1, 0.15) is 0 Å². The number of halogens is 2. The average Bonchev–Trinajstić information content (AvgIpc) is 1.12. The molecule has 10 N–H and O–H groups in total. The Morgan fingerprint density at radius 3 is 0.917 bits per heavy atom. The summed E-state index contributed by atoms with van der Waals surface area (Å²) >= 11 is 0. The number of hydrogen-bond acceptors (Lipinski definition) is 4. The van der Waals surface area contributed by atoms with Gasteiger partial charge in [0.25, 0.3) is 0 Å².